The van der Waals surface area contributed by atoms with Crippen molar-refractivity contribution in [2.75, 3.05) is 5.32 Å². The van der Waals surface area contributed by atoms with E-state index in [9.17, 15) is 0 Å². The Morgan fingerprint density at radius 2 is 1.95 bits per heavy atom. The van der Waals surface area contributed by atoms with Crippen LogP contribution in [0.25, 0.3) is 10.2 Å². The number of rotatable bonds is 3. The highest BCUT2D eigenvalue weighted by atomic mass is 79.9. The molecule has 2 heterocycles. The van der Waals surface area contributed by atoms with Crippen LogP contribution in [-0.4, -0.2) is 4.98 Å². The Labute approximate surface area is 145 Å². The number of pyridine rings is 1. The van der Waals surface area contributed by atoms with E-state index in [-0.39, 0.29) is 6.04 Å². The number of hydrogen-bond donors (Lipinski definition) is 1. The van der Waals surface area contributed by atoms with Gasteiger partial charge in [0, 0.05) is 10.7 Å². The van der Waals surface area contributed by atoms with Crippen molar-refractivity contribution in [3.05, 3.63) is 55.9 Å². The van der Waals surface area contributed by atoms with Crippen LogP contribution in [0.5, 0.6) is 0 Å². The summed E-state index contributed by atoms with van der Waals surface area (Å²) in [5.41, 5.74) is 2.86. The summed E-state index contributed by atoms with van der Waals surface area (Å²) in [6.07, 6.45) is 1.88. The highest BCUT2D eigenvalue weighted by Crippen LogP contribution is 2.36. The van der Waals surface area contributed by atoms with E-state index in [0.717, 1.165) is 21.2 Å². The van der Waals surface area contributed by atoms with Gasteiger partial charge in [-0.15, -0.1) is 11.3 Å². The molecule has 1 N–H and O–H groups in total. The van der Waals surface area contributed by atoms with E-state index in [0.29, 0.717) is 10.0 Å². The summed E-state index contributed by atoms with van der Waals surface area (Å²) in [7, 11) is 0. The van der Waals surface area contributed by atoms with Gasteiger partial charge in [-0.3, -0.25) is 4.98 Å². The van der Waals surface area contributed by atoms with Gasteiger partial charge in [0.1, 0.15) is 0 Å². The van der Waals surface area contributed by atoms with Gasteiger partial charge in [0.05, 0.1) is 32.0 Å². The summed E-state index contributed by atoms with van der Waals surface area (Å²) in [6, 6.07) is 7.86. The van der Waals surface area contributed by atoms with E-state index in [1.165, 1.54) is 4.70 Å². The molecule has 0 aliphatic heterocycles. The van der Waals surface area contributed by atoms with Gasteiger partial charge in [-0.05, 0) is 42.1 Å². The molecule has 0 amide bonds. The van der Waals surface area contributed by atoms with Crippen molar-refractivity contribution in [1.29, 1.82) is 0 Å². The predicted molar refractivity (Wildman–Crippen MR) is 95.8 cm³/mol. The molecule has 0 bridgehead atoms. The number of anilines is 1. The van der Waals surface area contributed by atoms with Gasteiger partial charge in [-0.2, -0.15) is 0 Å². The summed E-state index contributed by atoms with van der Waals surface area (Å²) in [6.45, 7) is 2.06. The van der Waals surface area contributed by atoms with E-state index < -0.39 is 0 Å². The monoisotopic (exact) mass is 400 g/mol. The molecule has 21 heavy (non-hydrogen) atoms. The van der Waals surface area contributed by atoms with Crippen LogP contribution in [0, 0.1) is 0 Å². The molecule has 3 aromatic rings. The first-order chi connectivity index (χ1) is 10.0. The van der Waals surface area contributed by atoms with Crippen LogP contribution in [0.15, 0.2) is 40.3 Å². The Bertz CT molecular complexity index is 780. The van der Waals surface area contributed by atoms with Gasteiger partial charge in [0.15, 0.2) is 0 Å². The van der Waals surface area contributed by atoms with Crippen molar-refractivity contribution >= 4 is 66.4 Å². The molecular formula is C15H11BrCl2N2S. The molecule has 0 saturated heterocycles. The maximum atomic E-state index is 6.25. The number of hydrogen-bond acceptors (Lipinski definition) is 3. The van der Waals surface area contributed by atoms with E-state index in [4.69, 9.17) is 23.2 Å². The molecule has 108 valence electrons. The maximum absolute atomic E-state index is 6.25. The van der Waals surface area contributed by atoms with Crippen molar-refractivity contribution in [2.24, 2.45) is 0 Å². The smallest absolute Gasteiger partial charge is 0.0809 e. The van der Waals surface area contributed by atoms with Crippen LogP contribution in [0.4, 0.5) is 5.69 Å². The lowest BCUT2D eigenvalue weighted by Crippen LogP contribution is -2.07. The summed E-state index contributed by atoms with van der Waals surface area (Å²) in [5.74, 6) is 0. The van der Waals surface area contributed by atoms with Crippen LogP contribution < -0.4 is 5.32 Å². The molecule has 0 fully saturated rings. The van der Waals surface area contributed by atoms with Gasteiger partial charge in [0.2, 0.25) is 0 Å². The molecule has 1 unspecified atom stereocenters. The minimum absolute atomic E-state index is 0.0557. The van der Waals surface area contributed by atoms with Crippen LogP contribution in [0.2, 0.25) is 10.0 Å². The minimum Gasteiger partial charge on any atom is -0.376 e. The Morgan fingerprint density at radius 1 is 1.24 bits per heavy atom. The first kappa shape index (κ1) is 15.1. The minimum atomic E-state index is 0.0557. The first-order valence-electron chi connectivity index (χ1n) is 6.29. The topological polar surface area (TPSA) is 24.9 Å². The molecule has 0 aliphatic rings. The SMILES string of the molecule is CC(Nc1c(Cl)cc(Br)cc1Cl)c1cnc2ccsc2c1. The predicted octanol–water partition coefficient (Wildman–Crippen LogP) is 6.54. The van der Waals surface area contributed by atoms with Gasteiger partial charge in [-0.25, -0.2) is 0 Å². The maximum Gasteiger partial charge on any atom is 0.0809 e. The van der Waals surface area contributed by atoms with Crippen LogP contribution in [0.1, 0.15) is 18.5 Å². The van der Waals surface area contributed by atoms with E-state index in [1.807, 2.05) is 29.8 Å². The molecule has 0 radical (unpaired) electrons. The third-order valence-corrected chi connectivity index (χ3v) is 5.10. The van der Waals surface area contributed by atoms with E-state index in [1.54, 1.807) is 11.3 Å². The molecule has 6 heteroatoms. The first-order valence-corrected chi connectivity index (χ1v) is 8.71. The summed E-state index contributed by atoms with van der Waals surface area (Å²) in [4.78, 5) is 4.46. The van der Waals surface area contributed by atoms with Crippen LogP contribution >= 0.6 is 50.5 Å². The second-order valence-electron chi connectivity index (χ2n) is 4.68. The lowest BCUT2D eigenvalue weighted by molar-refractivity contribution is 0.880. The molecule has 2 aromatic heterocycles. The summed E-state index contributed by atoms with van der Waals surface area (Å²) >= 11 is 17.6. The van der Waals surface area contributed by atoms with E-state index in [2.05, 4.69) is 39.2 Å². The number of thiophene rings is 1. The molecule has 1 atom stereocenters. The second kappa shape index (κ2) is 6.13. The third-order valence-electron chi connectivity index (χ3n) is 3.19. The average molecular weight is 402 g/mol. The Hall–Kier alpha value is -0.810. The summed E-state index contributed by atoms with van der Waals surface area (Å²) < 4.78 is 2.03. The number of nitrogens with zero attached hydrogens (tertiary/aromatic N) is 1. The fourth-order valence-electron chi connectivity index (χ4n) is 2.08. The molecule has 3 rings (SSSR count). The number of fused-ring (bicyclic) bond motifs is 1. The molecule has 0 saturated carbocycles. The molecule has 0 spiro atoms. The third kappa shape index (κ3) is 3.19. The molecule has 0 aliphatic carbocycles. The fourth-order valence-corrected chi connectivity index (χ4v) is 4.19. The van der Waals surface area contributed by atoms with Gasteiger partial charge < -0.3 is 5.32 Å². The standard InChI is InChI=1S/C15H11BrCl2N2S/c1-8(9-4-14-13(19-7-9)2-3-21-14)20-15-11(17)5-10(16)6-12(15)18/h2-8,20H,1H3. The number of halogens is 3. The van der Waals surface area contributed by atoms with Crippen molar-refractivity contribution in [2.45, 2.75) is 13.0 Å². The van der Waals surface area contributed by atoms with Crippen molar-refractivity contribution in [3.63, 3.8) is 0 Å². The van der Waals surface area contributed by atoms with Crippen molar-refractivity contribution < 1.29 is 0 Å². The number of nitrogens with one attached hydrogen (secondary N) is 1. The average Bonchev–Trinajstić information content (AvgIpc) is 2.89. The highest BCUT2D eigenvalue weighted by molar-refractivity contribution is 9.10. The Balaban J connectivity index is 1.90. The normalized spacial score (nSPS) is 12.6. The second-order valence-corrected chi connectivity index (χ2v) is 7.36. The van der Waals surface area contributed by atoms with Crippen LogP contribution in [0.3, 0.4) is 0 Å². The summed E-state index contributed by atoms with van der Waals surface area (Å²) in [5, 5.41) is 6.58. The van der Waals surface area contributed by atoms with E-state index >= 15 is 0 Å². The zero-order valence-corrected chi connectivity index (χ0v) is 14.9. The van der Waals surface area contributed by atoms with Crippen molar-refractivity contribution in [1.82, 2.24) is 4.98 Å². The zero-order valence-electron chi connectivity index (χ0n) is 11.0. The Morgan fingerprint density at radius 3 is 2.67 bits per heavy atom. The number of aromatic nitrogens is 1. The molecule has 2 nitrogen and oxygen atoms in total. The zero-order chi connectivity index (χ0) is 15.0. The quantitative estimate of drug-likeness (QED) is 0.538. The molecular weight excluding hydrogens is 391 g/mol. The van der Waals surface area contributed by atoms with Gasteiger partial charge >= 0.3 is 0 Å². The number of benzene rings is 1. The Kier molecular flexibility index (Phi) is 4.41. The van der Waals surface area contributed by atoms with Crippen LogP contribution in [-0.2, 0) is 0 Å². The fraction of sp³-hybridized carbons (Fsp3) is 0.133. The van der Waals surface area contributed by atoms with Crippen molar-refractivity contribution in [3.8, 4) is 0 Å². The largest absolute Gasteiger partial charge is 0.376 e. The van der Waals surface area contributed by atoms with Gasteiger partial charge in [0.25, 0.3) is 0 Å². The molecule has 1 aromatic carbocycles. The highest BCUT2D eigenvalue weighted by Gasteiger charge is 2.13. The lowest BCUT2D eigenvalue weighted by Gasteiger charge is -2.18. The van der Waals surface area contributed by atoms with Gasteiger partial charge in [-0.1, -0.05) is 39.1 Å². The lowest BCUT2D eigenvalue weighted by atomic mass is 10.1.